The maximum Gasteiger partial charge on any atom is 0.338 e. The third-order valence-corrected chi connectivity index (χ3v) is 5.20. The van der Waals surface area contributed by atoms with Crippen molar-refractivity contribution < 1.29 is 15.0 Å². The third kappa shape index (κ3) is 3.45. The highest BCUT2D eigenvalue weighted by atomic mass is 16.4. The van der Waals surface area contributed by atoms with Crippen LogP contribution in [0.1, 0.15) is 21.5 Å². The molecule has 0 bridgehead atoms. The number of carbonyl (C=O) groups is 1. The summed E-state index contributed by atoms with van der Waals surface area (Å²) in [6.07, 6.45) is 4.01. The molecule has 0 spiro atoms. The fourth-order valence-corrected chi connectivity index (χ4v) is 3.67. The number of aromatic nitrogens is 6. The fraction of sp³-hybridized carbons (Fsp3) is 0.0870. The first-order valence-corrected chi connectivity index (χ1v) is 9.85. The quantitative estimate of drug-likeness (QED) is 0.442. The van der Waals surface area contributed by atoms with E-state index in [1.54, 1.807) is 4.68 Å². The molecule has 9 nitrogen and oxygen atoms in total. The molecule has 0 unspecified atom stereocenters. The number of carboxylic acids is 1. The number of carboxylic acid groups (broad SMARTS) is 1. The predicted octanol–water partition coefficient (Wildman–Crippen LogP) is 3.44. The lowest BCUT2D eigenvalue weighted by Crippen LogP contribution is -2.05. The second-order valence-electron chi connectivity index (χ2n) is 7.38. The van der Waals surface area contributed by atoms with Crippen LogP contribution in [0.5, 0.6) is 5.88 Å². The number of hydrogen-bond acceptors (Lipinski definition) is 6. The van der Waals surface area contributed by atoms with Gasteiger partial charge in [-0.15, -0.1) is 0 Å². The van der Waals surface area contributed by atoms with Crippen molar-refractivity contribution in [3.05, 3.63) is 83.8 Å². The van der Waals surface area contributed by atoms with Crippen molar-refractivity contribution in [3.63, 3.8) is 0 Å². The van der Waals surface area contributed by atoms with Crippen LogP contribution in [0.25, 0.3) is 28.1 Å². The topological polar surface area (TPSA) is 119 Å². The number of nitrogens with zero attached hydrogens (tertiary/aromatic N) is 6. The van der Waals surface area contributed by atoms with Gasteiger partial charge < -0.3 is 10.2 Å². The zero-order chi connectivity index (χ0) is 22.2. The summed E-state index contributed by atoms with van der Waals surface area (Å²) in [5.74, 6) is -1.31. The Morgan fingerprint density at radius 2 is 1.84 bits per heavy atom. The van der Waals surface area contributed by atoms with Crippen LogP contribution in [0.15, 0.2) is 67.1 Å². The van der Waals surface area contributed by atoms with Crippen LogP contribution in [-0.2, 0) is 6.54 Å². The van der Waals surface area contributed by atoms with E-state index in [9.17, 15) is 9.90 Å². The number of benzene rings is 2. The Hall–Kier alpha value is -4.53. The van der Waals surface area contributed by atoms with Crippen molar-refractivity contribution >= 4 is 17.0 Å². The second-order valence-corrected chi connectivity index (χ2v) is 7.38. The molecular weight excluding hydrogens is 408 g/mol. The Bertz CT molecular complexity index is 1460. The highest BCUT2D eigenvalue weighted by molar-refractivity contribution is 5.87. The zero-order valence-corrected chi connectivity index (χ0v) is 17.0. The average Bonchev–Trinajstić information content (AvgIpc) is 3.43. The van der Waals surface area contributed by atoms with Gasteiger partial charge >= 0.3 is 5.97 Å². The standard InChI is InChI=1S/C23H18N6O3/c1-14-9-15(7-8-18(14)16-5-3-2-4-6-16)12-28-20-19(11-25-28)26-23(27-21(20)30)29-13-17(10-24-29)22(31)32/h2-11,13H,12H2,1H3,(H,31,32)(H,26,27,30). The Balaban J connectivity index is 1.46. The Morgan fingerprint density at radius 1 is 1.03 bits per heavy atom. The lowest BCUT2D eigenvalue weighted by molar-refractivity contribution is 0.0697. The van der Waals surface area contributed by atoms with E-state index in [0.29, 0.717) is 17.6 Å². The Morgan fingerprint density at radius 3 is 2.56 bits per heavy atom. The average molecular weight is 426 g/mol. The van der Waals surface area contributed by atoms with E-state index in [-0.39, 0.29) is 17.4 Å². The minimum atomic E-state index is -1.11. The fourth-order valence-electron chi connectivity index (χ4n) is 3.67. The van der Waals surface area contributed by atoms with E-state index < -0.39 is 5.97 Å². The lowest BCUT2D eigenvalue weighted by Gasteiger charge is -2.10. The van der Waals surface area contributed by atoms with Crippen LogP contribution >= 0.6 is 0 Å². The largest absolute Gasteiger partial charge is 0.492 e. The van der Waals surface area contributed by atoms with E-state index in [4.69, 9.17) is 5.11 Å². The van der Waals surface area contributed by atoms with Crippen molar-refractivity contribution in [3.8, 4) is 23.0 Å². The number of aromatic hydroxyl groups is 1. The van der Waals surface area contributed by atoms with Gasteiger partial charge in [0.1, 0.15) is 11.0 Å². The first-order valence-electron chi connectivity index (χ1n) is 9.85. The molecule has 32 heavy (non-hydrogen) atoms. The summed E-state index contributed by atoms with van der Waals surface area (Å²) in [5, 5.41) is 27.9. The van der Waals surface area contributed by atoms with E-state index in [1.165, 1.54) is 23.3 Å². The van der Waals surface area contributed by atoms with Crippen molar-refractivity contribution in [1.82, 2.24) is 29.5 Å². The molecular formula is C23H18N6O3. The van der Waals surface area contributed by atoms with Gasteiger partial charge in [0, 0.05) is 6.20 Å². The molecule has 2 aromatic carbocycles. The normalized spacial score (nSPS) is 11.2. The first-order chi connectivity index (χ1) is 15.5. The number of aryl methyl sites for hydroxylation is 1. The van der Waals surface area contributed by atoms with Crippen molar-refractivity contribution in [2.24, 2.45) is 0 Å². The van der Waals surface area contributed by atoms with Crippen molar-refractivity contribution in [2.45, 2.75) is 13.5 Å². The van der Waals surface area contributed by atoms with Crippen LogP contribution in [0.3, 0.4) is 0 Å². The summed E-state index contributed by atoms with van der Waals surface area (Å²) < 4.78 is 2.84. The molecule has 0 fully saturated rings. The molecule has 3 aromatic heterocycles. The molecule has 0 amide bonds. The molecule has 0 aliphatic rings. The van der Waals surface area contributed by atoms with Crippen LogP contribution in [0.2, 0.25) is 0 Å². The summed E-state index contributed by atoms with van der Waals surface area (Å²) in [6, 6.07) is 16.4. The SMILES string of the molecule is Cc1cc(Cn2ncc3nc(-n4cc(C(=O)O)cn4)nc(O)c32)ccc1-c1ccccc1. The summed E-state index contributed by atoms with van der Waals surface area (Å²) >= 11 is 0. The summed E-state index contributed by atoms with van der Waals surface area (Å²) in [6.45, 7) is 2.50. The smallest absolute Gasteiger partial charge is 0.338 e. The molecule has 0 saturated carbocycles. The second kappa shape index (κ2) is 7.62. The van der Waals surface area contributed by atoms with Crippen LogP contribution in [0.4, 0.5) is 0 Å². The summed E-state index contributed by atoms with van der Waals surface area (Å²) in [7, 11) is 0. The van der Waals surface area contributed by atoms with Gasteiger partial charge in [-0.25, -0.2) is 14.5 Å². The maximum absolute atomic E-state index is 11.1. The van der Waals surface area contributed by atoms with Gasteiger partial charge in [-0.2, -0.15) is 15.2 Å². The van der Waals surface area contributed by atoms with E-state index in [2.05, 4.69) is 51.4 Å². The molecule has 3 heterocycles. The number of fused-ring (bicyclic) bond motifs is 1. The van der Waals surface area contributed by atoms with Gasteiger partial charge in [-0.05, 0) is 29.2 Å². The zero-order valence-electron chi connectivity index (χ0n) is 17.0. The van der Waals surface area contributed by atoms with Gasteiger partial charge in [0.05, 0.1) is 24.5 Å². The molecule has 0 aliphatic carbocycles. The van der Waals surface area contributed by atoms with Crippen LogP contribution < -0.4 is 0 Å². The minimum Gasteiger partial charge on any atom is -0.492 e. The monoisotopic (exact) mass is 426 g/mol. The minimum absolute atomic E-state index is 0.00167. The Labute approximate surface area is 182 Å². The van der Waals surface area contributed by atoms with Gasteiger partial charge in [0.2, 0.25) is 5.88 Å². The van der Waals surface area contributed by atoms with E-state index in [0.717, 1.165) is 22.3 Å². The maximum atomic E-state index is 11.1. The number of hydrogen-bond donors (Lipinski definition) is 2. The predicted molar refractivity (Wildman–Crippen MR) is 117 cm³/mol. The molecule has 0 atom stereocenters. The number of aromatic carboxylic acids is 1. The summed E-state index contributed by atoms with van der Waals surface area (Å²) in [4.78, 5) is 19.5. The molecule has 0 saturated heterocycles. The highest BCUT2D eigenvalue weighted by Gasteiger charge is 2.16. The molecule has 158 valence electrons. The van der Waals surface area contributed by atoms with Crippen molar-refractivity contribution in [1.29, 1.82) is 0 Å². The van der Waals surface area contributed by atoms with Crippen LogP contribution in [-0.4, -0.2) is 45.7 Å². The number of rotatable bonds is 5. The van der Waals surface area contributed by atoms with Gasteiger partial charge in [0.25, 0.3) is 5.95 Å². The lowest BCUT2D eigenvalue weighted by atomic mass is 9.98. The first kappa shape index (κ1) is 19.4. The molecule has 0 aliphatic heterocycles. The van der Waals surface area contributed by atoms with Gasteiger partial charge in [-0.3, -0.25) is 4.68 Å². The van der Waals surface area contributed by atoms with Crippen molar-refractivity contribution in [2.75, 3.05) is 0 Å². The van der Waals surface area contributed by atoms with Gasteiger partial charge in [0.15, 0.2) is 0 Å². The highest BCUT2D eigenvalue weighted by Crippen LogP contribution is 2.26. The molecule has 5 aromatic rings. The molecule has 2 N–H and O–H groups in total. The van der Waals surface area contributed by atoms with E-state index in [1.807, 2.05) is 24.3 Å². The molecule has 0 radical (unpaired) electrons. The third-order valence-electron chi connectivity index (χ3n) is 5.20. The Kier molecular flexibility index (Phi) is 4.63. The summed E-state index contributed by atoms with van der Waals surface area (Å²) in [5.41, 5.74) is 5.30. The van der Waals surface area contributed by atoms with Gasteiger partial charge in [-0.1, -0.05) is 48.5 Å². The molecule has 9 heteroatoms. The molecule has 5 rings (SSSR count). The van der Waals surface area contributed by atoms with Crippen LogP contribution in [0, 0.1) is 6.92 Å². The van der Waals surface area contributed by atoms with E-state index >= 15 is 0 Å².